The van der Waals surface area contributed by atoms with Crippen LogP contribution in [0.1, 0.15) is 56.2 Å². The molecule has 38 heavy (non-hydrogen) atoms. The molecule has 10 heteroatoms. The van der Waals surface area contributed by atoms with Crippen LogP contribution in [-0.2, 0) is 17.8 Å². The predicted octanol–water partition coefficient (Wildman–Crippen LogP) is 5.92. The fraction of sp³-hybridized carbons (Fsp3) is 0.357. The number of rotatable bonds is 4. The molecule has 1 aromatic carbocycles. The molecule has 4 heterocycles. The van der Waals surface area contributed by atoms with E-state index >= 15 is 0 Å². The van der Waals surface area contributed by atoms with Crippen molar-refractivity contribution in [1.29, 1.82) is 5.26 Å². The molecule has 0 bridgehead atoms. The van der Waals surface area contributed by atoms with Crippen LogP contribution in [0.5, 0.6) is 5.75 Å². The zero-order chi connectivity index (χ0) is 27.2. The van der Waals surface area contributed by atoms with Crippen LogP contribution in [0.15, 0.2) is 42.7 Å². The van der Waals surface area contributed by atoms with Crippen LogP contribution >= 0.6 is 11.6 Å². The van der Waals surface area contributed by atoms with Gasteiger partial charge in [-0.2, -0.15) is 15.5 Å². The van der Waals surface area contributed by atoms with E-state index in [0.717, 1.165) is 28.1 Å². The van der Waals surface area contributed by atoms with Crippen LogP contribution in [0.3, 0.4) is 0 Å². The molecule has 9 nitrogen and oxygen atoms in total. The Balaban J connectivity index is 1.50. The summed E-state index contributed by atoms with van der Waals surface area (Å²) >= 11 is 6.48. The minimum absolute atomic E-state index is 0.333. The third-order valence-corrected chi connectivity index (χ3v) is 6.80. The van der Waals surface area contributed by atoms with E-state index in [1.807, 2.05) is 69.8 Å². The first-order valence-corrected chi connectivity index (χ1v) is 12.8. The van der Waals surface area contributed by atoms with Gasteiger partial charge in [0.1, 0.15) is 23.0 Å². The maximum absolute atomic E-state index is 12.7. The quantitative estimate of drug-likeness (QED) is 0.323. The van der Waals surface area contributed by atoms with Crippen LogP contribution in [0.25, 0.3) is 16.8 Å². The van der Waals surface area contributed by atoms with Gasteiger partial charge in [0.05, 0.1) is 47.3 Å². The van der Waals surface area contributed by atoms with E-state index in [0.29, 0.717) is 41.5 Å². The molecule has 5 rings (SSSR count). The Morgan fingerprint density at radius 2 is 2.00 bits per heavy atom. The van der Waals surface area contributed by atoms with Gasteiger partial charge in [0.25, 0.3) is 0 Å². The van der Waals surface area contributed by atoms with Gasteiger partial charge in [-0.15, -0.1) is 0 Å². The zero-order valence-electron chi connectivity index (χ0n) is 22.0. The predicted molar refractivity (Wildman–Crippen MR) is 143 cm³/mol. The van der Waals surface area contributed by atoms with Crippen molar-refractivity contribution in [3.63, 3.8) is 0 Å². The Kier molecular flexibility index (Phi) is 6.53. The summed E-state index contributed by atoms with van der Waals surface area (Å²) in [7, 11) is 0. The molecule has 0 radical (unpaired) electrons. The topological polar surface area (TPSA) is 97.7 Å². The molecule has 1 aliphatic rings. The van der Waals surface area contributed by atoms with Gasteiger partial charge in [-0.3, -0.25) is 4.68 Å². The van der Waals surface area contributed by atoms with E-state index in [2.05, 4.69) is 11.2 Å². The highest BCUT2D eigenvalue weighted by molar-refractivity contribution is 6.34. The number of aromatic nitrogens is 4. The number of carbonyl (C=O) groups excluding carboxylic acids is 1. The average Bonchev–Trinajstić information content (AvgIpc) is 3.42. The summed E-state index contributed by atoms with van der Waals surface area (Å²) in [5, 5.41) is 19.3. The van der Waals surface area contributed by atoms with Gasteiger partial charge in [0.15, 0.2) is 0 Å². The lowest BCUT2D eigenvalue weighted by atomic mass is 10.0. The van der Waals surface area contributed by atoms with E-state index in [-0.39, 0.29) is 6.09 Å². The molecule has 0 aliphatic carbocycles. The van der Waals surface area contributed by atoms with Gasteiger partial charge in [0.2, 0.25) is 0 Å². The Labute approximate surface area is 226 Å². The first-order valence-electron chi connectivity index (χ1n) is 12.4. The molecule has 0 saturated carbocycles. The van der Waals surface area contributed by atoms with Gasteiger partial charge in [-0.05, 0) is 46.8 Å². The smallest absolute Gasteiger partial charge is 0.410 e. The molecule has 0 N–H and O–H groups in total. The maximum Gasteiger partial charge on any atom is 0.410 e. The lowest BCUT2D eigenvalue weighted by Gasteiger charge is -2.30. The lowest BCUT2D eigenvalue weighted by molar-refractivity contribution is 0.0194. The Hall–Kier alpha value is -4.03. The monoisotopic (exact) mass is 532 g/mol. The minimum atomic E-state index is -0.559. The number of nitriles is 1. The highest BCUT2D eigenvalue weighted by atomic mass is 35.5. The number of amides is 1. The molecule has 0 saturated heterocycles. The van der Waals surface area contributed by atoms with Crippen molar-refractivity contribution >= 4 is 23.2 Å². The van der Waals surface area contributed by atoms with Crippen molar-refractivity contribution in [2.45, 2.75) is 59.4 Å². The second-order valence-electron chi connectivity index (χ2n) is 10.4. The third-order valence-electron chi connectivity index (χ3n) is 6.52. The molecule has 196 valence electrons. The number of pyridine rings is 1. The fourth-order valence-corrected chi connectivity index (χ4v) is 4.90. The van der Waals surface area contributed by atoms with Gasteiger partial charge in [-0.25, -0.2) is 9.31 Å². The molecular weight excluding hydrogens is 504 g/mol. The van der Waals surface area contributed by atoms with Gasteiger partial charge in [0, 0.05) is 29.4 Å². The summed E-state index contributed by atoms with van der Waals surface area (Å²) in [6.45, 7) is 11.0. The number of fused-ring (bicyclic) bond motifs is 2. The zero-order valence-corrected chi connectivity index (χ0v) is 22.8. The SMILES string of the molecule is Cc1c(-c2cc(OC(C)c3ccccc3C#N)c3c(Cl)cnn3c2)nn2c1CN(C(=O)OC(C)(C)C)CC2. The Bertz CT molecular complexity index is 1580. The summed E-state index contributed by atoms with van der Waals surface area (Å²) in [4.78, 5) is 14.4. The molecule has 4 aromatic rings. The summed E-state index contributed by atoms with van der Waals surface area (Å²) < 4.78 is 15.6. The molecule has 3 aromatic heterocycles. The van der Waals surface area contributed by atoms with Crippen molar-refractivity contribution in [2.24, 2.45) is 0 Å². The Morgan fingerprint density at radius 1 is 1.24 bits per heavy atom. The average molecular weight is 533 g/mol. The molecule has 1 aliphatic heterocycles. The van der Waals surface area contributed by atoms with E-state index < -0.39 is 11.7 Å². The minimum Gasteiger partial charge on any atom is -0.484 e. The molecule has 1 amide bonds. The standard InChI is InChI=1S/C28H29ClN6O3/c1-17-23-16-33(27(36)38-28(3,4)5)10-11-34(23)32-25(17)20-12-24(26-22(29)14-31-35(26)15-20)37-18(2)21-9-7-6-8-19(21)13-30/h6-9,12,14-15,18H,10-11,16H2,1-5H3. The van der Waals surface area contributed by atoms with Crippen molar-refractivity contribution < 1.29 is 14.3 Å². The molecule has 1 unspecified atom stereocenters. The van der Waals surface area contributed by atoms with Crippen molar-refractivity contribution in [3.8, 4) is 23.1 Å². The number of hydrogen-bond acceptors (Lipinski definition) is 6. The van der Waals surface area contributed by atoms with E-state index in [9.17, 15) is 10.1 Å². The van der Waals surface area contributed by atoms with Crippen LogP contribution in [0, 0.1) is 18.3 Å². The van der Waals surface area contributed by atoms with Crippen molar-refractivity contribution in [3.05, 3.63) is 70.1 Å². The fourth-order valence-electron chi connectivity index (χ4n) is 4.68. The second-order valence-corrected chi connectivity index (χ2v) is 10.8. The Morgan fingerprint density at radius 3 is 2.74 bits per heavy atom. The number of halogens is 1. The molecule has 1 atom stereocenters. The molecular formula is C28H29ClN6O3. The summed E-state index contributed by atoms with van der Waals surface area (Å²) in [5.41, 5.74) is 4.90. The van der Waals surface area contributed by atoms with Crippen LogP contribution in [0.2, 0.25) is 5.02 Å². The number of carbonyl (C=O) groups is 1. The molecule has 0 fully saturated rings. The second kappa shape index (κ2) is 9.69. The maximum atomic E-state index is 12.7. The lowest BCUT2D eigenvalue weighted by Crippen LogP contribution is -2.41. The van der Waals surface area contributed by atoms with Crippen LogP contribution in [-0.4, -0.2) is 42.5 Å². The third kappa shape index (κ3) is 4.79. The van der Waals surface area contributed by atoms with E-state index in [1.54, 1.807) is 21.7 Å². The highest BCUT2D eigenvalue weighted by Crippen LogP contribution is 2.36. The largest absolute Gasteiger partial charge is 0.484 e. The van der Waals surface area contributed by atoms with Crippen molar-refractivity contribution in [2.75, 3.05) is 6.54 Å². The number of benzene rings is 1. The van der Waals surface area contributed by atoms with E-state index in [1.165, 1.54) is 0 Å². The van der Waals surface area contributed by atoms with Gasteiger partial charge in [-0.1, -0.05) is 29.8 Å². The van der Waals surface area contributed by atoms with Crippen LogP contribution in [0.4, 0.5) is 4.79 Å². The number of ether oxygens (including phenoxy) is 2. The summed E-state index contributed by atoms with van der Waals surface area (Å²) in [6, 6.07) is 11.5. The first-order chi connectivity index (χ1) is 18.1. The van der Waals surface area contributed by atoms with Gasteiger partial charge < -0.3 is 14.4 Å². The summed E-state index contributed by atoms with van der Waals surface area (Å²) in [5.74, 6) is 0.533. The highest BCUT2D eigenvalue weighted by Gasteiger charge is 2.29. The summed E-state index contributed by atoms with van der Waals surface area (Å²) in [6.07, 6.45) is 2.70. The molecule has 0 spiro atoms. The van der Waals surface area contributed by atoms with E-state index in [4.69, 9.17) is 26.2 Å². The normalized spacial score (nSPS) is 14.2. The first kappa shape index (κ1) is 25.6. The number of nitrogens with zero attached hydrogens (tertiary/aromatic N) is 6. The van der Waals surface area contributed by atoms with Crippen molar-refractivity contribution in [1.82, 2.24) is 24.3 Å². The van der Waals surface area contributed by atoms with Gasteiger partial charge >= 0.3 is 6.09 Å². The number of hydrogen-bond donors (Lipinski definition) is 0. The van der Waals surface area contributed by atoms with Crippen LogP contribution < -0.4 is 4.74 Å².